The van der Waals surface area contributed by atoms with Crippen molar-refractivity contribution in [3.63, 3.8) is 0 Å². The van der Waals surface area contributed by atoms with Crippen molar-refractivity contribution in [1.29, 1.82) is 0 Å². The highest BCUT2D eigenvalue weighted by atomic mass is 32.1. The Kier molecular flexibility index (Phi) is 5.03. The summed E-state index contributed by atoms with van der Waals surface area (Å²) in [5, 5.41) is 17.2. The largest absolute Gasteiger partial charge is 0.362 e. The Morgan fingerprint density at radius 2 is 2.17 bits per heavy atom. The van der Waals surface area contributed by atoms with Crippen molar-refractivity contribution in [2.45, 2.75) is 20.8 Å². The molecular weight excluding hydrogens is 250 g/mol. The Balaban J connectivity index is 2.78. The number of rotatable bonds is 4. The monoisotopic (exact) mass is 267 g/mol. The Labute approximate surface area is 112 Å². The maximum absolute atomic E-state index is 10.9. The molecule has 1 aromatic carbocycles. The second-order valence-electron chi connectivity index (χ2n) is 4.51. The van der Waals surface area contributed by atoms with Crippen LogP contribution in [0.15, 0.2) is 18.2 Å². The van der Waals surface area contributed by atoms with Gasteiger partial charge in [-0.2, -0.15) is 0 Å². The number of hydrogen-bond acceptors (Lipinski definition) is 3. The Hall–Kier alpha value is -1.69. The first-order chi connectivity index (χ1) is 8.40. The minimum Gasteiger partial charge on any atom is -0.362 e. The van der Waals surface area contributed by atoms with Crippen molar-refractivity contribution >= 4 is 28.7 Å². The molecule has 0 aliphatic heterocycles. The number of thiocarbonyl (C=S) groups is 1. The summed E-state index contributed by atoms with van der Waals surface area (Å²) in [6.07, 6.45) is 0. The number of anilines is 1. The molecule has 1 rings (SSSR count). The van der Waals surface area contributed by atoms with Gasteiger partial charge < -0.3 is 10.6 Å². The zero-order chi connectivity index (χ0) is 13.7. The number of nitrogens with one attached hydrogen (secondary N) is 2. The summed E-state index contributed by atoms with van der Waals surface area (Å²) in [6, 6.07) is 4.99. The molecule has 0 aliphatic rings. The quantitative estimate of drug-likeness (QED) is 0.499. The molecule has 18 heavy (non-hydrogen) atoms. The number of hydrogen-bond donors (Lipinski definition) is 2. The van der Waals surface area contributed by atoms with E-state index in [1.165, 1.54) is 6.07 Å². The van der Waals surface area contributed by atoms with Crippen molar-refractivity contribution in [3.05, 3.63) is 33.9 Å². The average molecular weight is 267 g/mol. The van der Waals surface area contributed by atoms with E-state index in [0.29, 0.717) is 16.7 Å². The topological polar surface area (TPSA) is 67.2 Å². The van der Waals surface area contributed by atoms with E-state index in [1.807, 2.05) is 6.92 Å². The molecule has 0 saturated carbocycles. The fourth-order valence-electron chi connectivity index (χ4n) is 1.36. The Morgan fingerprint density at radius 3 is 2.72 bits per heavy atom. The predicted molar refractivity (Wildman–Crippen MR) is 76.9 cm³/mol. The van der Waals surface area contributed by atoms with Gasteiger partial charge in [0.15, 0.2) is 5.11 Å². The minimum atomic E-state index is -0.416. The third-order valence-corrected chi connectivity index (χ3v) is 2.52. The van der Waals surface area contributed by atoms with Crippen molar-refractivity contribution in [1.82, 2.24) is 5.32 Å². The summed E-state index contributed by atoms with van der Waals surface area (Å²) in [4.78, 5) is 10.5. The van der Waals surface area contributed by atoms with Crippen molar-refractivity contribution in [2.75, 3.05) is 11.9 Å². The molecule has 0 aliphatic carbocycles. The Morgan fingerprint density at radius 1 is 1.50 bits per heavy atom. The first-order valence-electron chi connectivity index (χ1n) is 5.70. The van der Waals surface area contributed by atoms with E-state index in [9.17, 15) is 10.1 Å². The van der Waals surface area contributed by atoms with Gasteiger partial charge in [-0.25, -0.2) is 0 Å². The second kappa shape index (κ2) is 6.30. The first kappa shape index (κ1) is 14.4. The maximum Gasteiger partial charge on any atom is 0.292 e. The molecule has 2 N–H and O–H groups in total. The van der Waals surface area contributed by atoms with Crippen molar-refractivity contribution in [3.8, 4) is 0 Å². The number of nitro groups is 1. The van der Waals surface area contributed by atoms with E-state index < -0.39 is 4.92 Å². The molecule has 0 fully saturated rings. The minimum absolute atomic E-state index is 0.0312. The van der Waals surface area contributed by atoms with E-state index in [-0.39, 0.29) is 5.69 Å². The Bertz CT molecular complexity index is 461. The molecule has 98 valence electrons. The third kappa shape index (κ3) is 4.29. The highest BCUT2D eigenvalue weighted by molar-refractivity contribution is 7.80. The van der Waals surface area contributed by atoms with E-state index in [4.69, 9.17) is 12.2 Å². The fraction of sp³-hybridized carbons (Fsp3) is 0.417. The molecule has 6 heteroatoms. The van der Waals surface area contributed by atoms with Gasteiger partial charge in [0.2, 0.25) is 0 Å². The van der Waals surface area contributed by atoms with E-state index in [1.54, 1.807) is 12.1 Å². The lowest BCUT2D eigenvalue weighted by Crippen LogP contribution is -2.31. The summed E-state index contributed by atoms with van der Waals surface area (Å²) in [5.41, 5.74) is 1.28. The summed E-state index contributed by atoms with van der Waals surface area (Å²) >= 11 is 5.09. The first-order valence-corrected chi connectivity index (χ1v) is 6.11. The van der Waals surface area contributed by atoms with Crippen molar-refractivity contribution in [2.24, 2.45) is 5.92 Å². The standard InChI is InChI=1S/C12H17N3O2S/c1-8(2)7-13-12(18)14-10-5-4-9(3)6-11(10)15(16)17/h4-6,8H,7H2,1-3H3,(H2,13,14,18). The van der Waals surface area contributed by atoms with Gasteiger partial charge in [-0.1, -0.05) is 19.9 Å². The lowest BCUT2D eigenvalue weighted by molar-refractivity contribution is -0.383. The van der Waals surface area contributed by atoms with Crippen LogP contribution in [0.1, 0.15) is 19.4 Å². The molecule has 0 atom stereocenters. The number of nitrogens with zero attached hydrogens (tertiary/aromatic N) is 1. The van der Waals surface area contributed by atoms with Gasteiger partial charge in [0.25, 0.3) is 5.69 Å². The smallest absolute Gasteiger partial charge is 0.292 e. The molecule has 0 radical (unpaired) electrons. The lowest BCUT2D eigenvalue weighted by Gasteiger charge is -2.12. The molecule has 0 heterocycles. The van der Waals surface area contributed by atoms with Crippen LogP contribution in [0.2, 0.25) is 0 Å². The molecule has 0 spiro atoms. The molecule has 0 saturated heterocycles. The molecular formula is C12H17N3O2S. The molecule has 1 aromatic rings. The van der Waals surface area contributed by atoms with E-state index in [2.05, 4.69) is 24.5 Å². The maximum atomic E-state index is 10.9. The average Bonchev–Trinajstić information content (AvgIpc) is 2.28. The molecule has 5 nitrogen and oxygen atoms in total. The highest BCUT2D eigenvalue weighted by Crippen LogP contribution is 2.25. The van der Waals surface area contributed by atoms with Crippen LogP contribution in [0.3, 0.4) is 0 Å². The van der Waals surface area contributed by atoms with E-state index >= 15 is 0 Å². The zero-order valence-corrected chi connectivity index (χ0v) is 11.5. The van der Waals surface area contributed by atoms with Crippen LogP contribution in [0.25, 0.3) is 0 Å². The van der Waals surface area contributed by atoms with Gasteiger partial charge >= 0.3 is 0 Å². The molecule has 0 aromatic heterocycles. The highest BCUT2D eigenvalue weighted by Gasteiger charge is 2.14. The van der Waals surface area contributed by atoms with Crippen LogP contribution < -0.4 is 10.6 Å². The van der Waals surface area contributed by atoms with Crippen LogP contribution >= 0.6 is 12.2 Å². The predicted octanol–water partition coefficient (Wildman–Crippen LogP) is 2.85. The second-order valence-corrected chi connectivity index (χ2v) is 4.91. The van der Waals surface area contributed by atoms with Gasteiger partial charge in [0, 0.05) is 12.6 Å². The lowest BCUT2D eigenvalue weighted by atomic mass is 10.2. The number of benzene rings is 1. The zero-order valence-electron chi connectivity index (χ0n) is 10.7. The van der Waals surface area contributed by atoms with Crippen LogP contribution in [0.5, 0.6) is 0 Å². The fourth-order valence-corrected chi connectivity index (χ4v) is 1.56. The van der Waals surface area contributed by atoms with Crippen LogP contribution in [0.4, 0.5) is 11.4 Å². The van der Waals surface area contributed by atoms with Gasteiger partial charge in [0.05, 0.1) is 4.92 Å². The summed E-state index contributed by atoms with van der Waals surface area (Å²) in [7, 11) is 0. The SMILES string of the molecule is Cc1ccc(NC(=S)NCC(C)C)c([N+](=O)[O-])c1. The summed E-state index contributed by atoms with van der Waals surface area (Å²) in [5.74, 6) is 0.456. The van der Waals surface area contributed by atoms with Gasteiger partial charge in [-0.05, 0) is 36.7 Å². The van der Waals surface area contributed by atoms with Gasteiger partial charge in [-0.3, -0.25) is 10.1 Å². The van der Waals surface area contributed by atoms with Gasteiger partial charge in [-0.15, -0.1) is 0 Å². The van der Waals surface area contributed by atoms with Crippen molar-refractivity contribution < 1.29 is 4.92 Å². The number of nitro benzene ring substituents is 1. The van der Waals surface area contributed by atoms with Crippen LogP contribution in [0, 0.1) is 23.0 Å². The normalized spacial score (nSPS) is 10.2. The molecule has 0 amide bonds. The molecule has 0 bridgehead atoms. The molecule has 0 unspecified atom stereocenters. The number of aryl methyl sites for hydroxylation is 1. The van der Waals surface area contributed by atoms with E-state index in [0.717, 1.165) is 12.1 Å². The van der Waals surface area contributed by atoms with Crippen LogP contribution in [-0.4, -0.2) is 16.6 Å². The van der Waals surface area contributed by atoms with Gasteiger partial charge in [0.1, 0.15) is 5.69 Å². The third-order valence-electron chi connectivity index (χ3n) is 2.27. The summed E-state index contributed by atoms with van der Waals surface area (Å²) in [6.45, 7) is 6.66. The summed E-state index contributed by atoms with van der Waals surface area (Å²) < 4.78 is 0. The van der Waals surface area contributed by atoms with Crippen LogP contribution in [-0.2, 0) is 0 Å².